The lowest BCUT2D eigenvalue weighted by Gasteiger charge is -1.84. The van der Waals surface area contributed by atoms with Gasteiger partial charge in [0.1, 0.15) is 0 Å². The van der Waals surface area contributed by atoms with Crippen LogP contribution in [0.4, 0.5) is 0 Å². The minimum absolute atomic E-state index is 0.951. The highest BCUT2D eigenvalue weighted by Crippen LogP contribution is 1.91. The quantitative estimate of drug-likeness (QED) is 0.466. The third kappa shape index (κ3) is 5.09. The molecule has 1 aromatic carbocycles. The molecule has 1 nitrogen and oxygen atoms in total. The maximum atomic E-state index is 6.82. The van der Waals surface area contributed by atoms with Gasteiger partial charge < -0.3 is 5.41 Å². The number of benzene rings is 1. The van der Waals surface area contributed by atoms with Gasteiger partial charge in [0.05, 0.1) is 0 Å². The number of nitrogens with one attached hydrogen (secondary N) is 1. The Bertz CT molecular complexity index is 201. The molecule has 0 bridgehead atoms. The van der Waals surface area contributed by atoms with Crippen LogP contribution < -0.4 is 0 Å². The van der Waals surface area contributed by atoms with Gasteiger partial charge in [-0.3, -0.25) is 0 Å². The van der Waals surface area contributed by atoms with Crippen molar-refractivity contribution in [1.29, 1.82) is 5.41 Å². The normalized spacial score (nSPS) is 7.36. The Hall–Kier alpha value is -1.37. The number of rotatable bonds is 1. The van der Waals surface area contributed by atoms with Crippen molar-refractivity contribution in [3.63, 3.8) is 0 Å². The van der Waals surface area contributed by atoms with Gasteiger partial charge in [-0.05, 0) is 12.5 Å². The summed E-state index contributed by atoms with van der Waals surface area (Å²) >= 11 is 0. The molecule has 0 aliphatic heterocycles. The van der Waals surface area contributed by atoms with Gasteiger partial charge in [-0.1, -0.05) is 36.4 Å². The van der Waals surface area contributed by atoms with E-state index in [1.807, 2.05) is 37.3 Å². The van der Waals surface area contributed by atoms with Gasteiger partial charge in [-0.2, -0.15) is 0 Å². The molecule has 1 aromatic rings. The van der Waals surface area contributed by atoms with Crippen molar-refractivity contribution in [2.75, 3.05) is 0 Å². The van der Waals surface area contributed by atoms with E-state index in [1.165, 1.54) is 6.21 Å². The minimum atomic E-state index is 0.951. The van der Waals surface area contributed by atoms with Gasteiger partial charge >= 0.3 is 0 Å². The summed E-state index contributed by atoms with van der Waals surface area (Å²) < 4.78 is 0. The lowest BCUT2D eigenvalue weighted by molar-refractivity contribution is 1.54. The topological polar surface area (TPSA) is 23.9 Å². The second kappa shape index (κ2) is 6.75. The highest BCUT2D eigenvalue weighted by molar-refractivity contribution is 5.76. The Kier molecular flexibility index (Phi) is 5.91. The van der Waals surface area contributed by atoms with Crippen LogP contribution in [0.5, 0.6) is 0 Å². The average molecular weight is 147 g/mol. The first-order chi connectivity index (χ1) is 5.35. The maximum Gasteiger partial charge on any atom is 0.0250 e. The molecule has 0 spiro atoms. The summed E-state index contributed by atoms with van der Waals surface area (Å²) in [5.41, 5.74) is 0.951. The monoisotopic (exact) mass is 147 g/mol. The average Bonchev–Trinajstić information content (AvgIpc) is 2.08. The Morgan fingerprint density at radius 1 is 1.27 bits per heavy atom. The van der Waals surface area contributed by atoms with E-state index in [-0.39, 0.29) is 0 Å². The van der Waals surface area contributed by atoms with Gasteiger partial charge in [0.15, 0.2) is 0 Å². The van der Waals surface area contributed by atoms with Crippen molar-refractivity contribution in [1.82, 2.24) is 0 Å². The van der Waals surface area contributed by atoms with Crippen LogP contribution in [0.15, 0.2) is 43.0 Å². The van der Waals surface area contributed by atoms with Crippen molar-refractivity contribution in [2.45, 2.75) is 6.92 Å². The first kappa shape index (κ1) is 9.63. The van der Waals surface area contributed by atoms with Gasteiger partial charge in [-0.15, -0.1) is 6.58 Å². The zero-order valence-corrected chi connectivity index (χ0v) is 6.75. The van der Waals surface area contributed by atoms with E-state index in [9.17, 15) is 0 Å². The molecule has 1 heteroatoms. The minimum Gasteiger partial charge on any atom is -0.308 e. The molecule has 0 aliphatic carbocycles. The predicted molar refractivity (Wildman–Crippen MR) is 50.2 cm³/mol. The molecule has 11 heavy (non-hydrogen) atoms. The third-order valence-electron chi connectivity index (χ3n) is 0.966. The van der Waals surface area contributed by atoms with Gasteiger partial charge in [0.2, 0.25) is 0 Å². The number of hydrogen-bond donors (Lipinski definition) is 1. The molecule has 1 N–H and O–H groups in total. The summed E-state index contributed by atoms with van der Waals surface area (Å²) in [6, 6.07) is 9.56. The fourth-order valence-corrected chi connectivity index (χ4v) is 0.549. The van der Waals surface area contributed by atoms with Crippen LogP contribution in [-0.4, -0.2) is 6.21 Å². The molecular formula is C10H13N. The molecule has 0 aromatic heterocycles. The van der Waals surface area contributed by atoms with Crippen molar-refractivity contribution < 1.29 is 0 Å². The Labute approximate surface area is 67.9 Å². The molecule has 0 unspecified atom stereocenters. The standard InChI is InChI=1S/C7H7N.C3H6/c8-6-7-4-2-1-3-5-7;1-3-2/h1-6,8H;3H,1H2,2H3. The maximum absolute atomic E-state index is 6.82. The lowest BCUT2D eigenvalue weighted by Crippen LogP contribution is -1.73. The van der Waals surface area contributed by atoms with E-state index < -0.39 is 0 Å². The second-order valence-corrected chi connectivity index (χ2v) is 1.96. The summed E-state index contributed by atoms with van der Waals surface area (Å²) in [6.45, 7) is 5.25. The van der Waals surface area contributed by atoms with E-state index >= 15 is 0 Å². The van der Waals surface area contributed by atoms with Gasteiger partial charge in [0, 0.05) is 6.21 Å². The Morgan fingerprint density at radius 2 is 1.73 bits per heavy atom. The van der Waals surface area contributed by atoms with Gasteiger partial charge in [0.25, 0.3) is 0 Å². The largest absolute Gasteiger partial charge is 0.308 e. The van der Waals surface area contributed by atoms with E-state index in [1.54, 1.807) is 6.08 Å². The zero-order chi connectivity index (χ0) is 8.53. The van der Waals surface area contributed by atoms with E-state index in [0.29, 0.717) is 0 Å². The smallest absolute Gasteiger partial charge is 0.0250 e. The summed E-state index contributed by atoms with van der Waals surface area (Å²) in [4.78, 5) is 0. The van der Waals surface area contributed by atoms with Crippen LogP contribution >= 0.6 is 0 Å². The second-order valence-electron chi connectivity index (χ2n) is 1.96. The van der Waals surface area contributed by atoms with Crippen LogP contribution in [0.25, 0.3) is 0 Å². The molecule has 0 heterocycles. The number of hydrogen-bond acceptors (Lipinski definition) is 1. The molecule has 0 radical (unpaired) electrons. The molecule has 0 amide bonds. The van der Waals surface area contributed by atoms with Crippen LogP contribution in [0.3, 0.4) is 0 Å². The van der Waals surface area contributed by atoms with Crippen molar-refractivity contribution in [2.24, 2.45) is 0 Å². The highest BCUT2D eigenvalue weighted by atomic mass is 14.3. The third-order valence-corrected chi connectivity index (χ3v) is 0.966. The molecule has 0 atom stereocenters. The number of allylic oxidation sites excluding steroid dienone is 1. The molecule has 0 fully saturated rings. The predicted octanol–water partition coefficient (Wildman–Crippen LogP) is 2.88. The van der Waals surface area contributed by atoms with Crippen LogP contribution in [0, 0.1) is 5.41 Å². The molecule has 0 aliphatic rings. The summed E-state index contributed by atoms with van der Waals surface area (Å²) in [7, 11) is 0. The zero-order valence-electron chi connectivity index (χ0n) is 6.75. The van der Waals surface area contributed by atoms with Crippen LogP contribution in [0.2, 0.25) is 0 Å². The van der Waals surface area contributed by atoms with Crippen molar-refractivity contribution in [3.8, 4) is 0 Å². The van der Waals surface area contributed by atoms with Crippen molar-refractivity contribution >= 4 is 6.21 Å². The van der Waals surface area contributed by atoms with E-state index in [0.717, 1.165) is 5.56 Å². The first-order valence-corrected chi connectivity index (χ1v) is 3.47. The molecule has 1 rings (SSSR count). The molecule has 0 saturated heterocycles. The SMILES string of the molecule is C=CC.N=Cc1ccccc1. The molecule has 58 valence electrons. The van der Waals surface area contributed by atoms with Crippen molar-refractivity contribution in [3.05, 3.63) is 48.6 Å². The molecule has 0 saturated carbocycles. The van der Waals surface area contributed by atoms with E-state index in [2.05, 4.69) is 6.58 Å². The fraction of sp³-hybridized carbons (Fsp3) is 0.100. The lowest BCUT2D eigenvalue weighted by atomic mass is 10.2. The molecular weight excluding hydrogens is 134 g/mol. The fourth-order valence-electron chi connectivity index (χ4n) is 0.549. The summed E-state index contributed by atoms with van der Waals surface area (Å²) in [5.74, 6) is 0. The van der Waals surface area contributed by atoms with Gasteiger partial charge in [-0.25, -0.2) is 0 Å². The van der Waals surface area contributed by atoms with Crippen LogP contribution in [0.1, 0.15) is 12.5 Å². The Balaban J connectivity index is 0.000000292. The summed E-state index contributed by atoms with van der Waals surface area (Å²) in [6.07, 6.45) is 3.08. The highest BCUT2D eigenvalue weighted by Gasteiger charge is 1.77. The van der Waals surface area contributed by atoms with E-state index in [4.69, 9.17) is 5.41 Å². The van der Waals surface area contributed by atoms with Crippen LogP contribution in [-0.2, 0) is 0 Å². The summed E-state index contributed by atoms with van der Waals surface area (Å²) in [5, 5.41) is 6.82. The first-order valence-electron chi connectivity index (χ1n) is 3.47. The Morgan fingerprint density at radius 3 is 2.00 bits per heavy atom.